The van der Waals surface area contributed by atoms with Crippen molar-refractivity contribution in [3.05, 3.63) is 0 Å². The lowest BCUT2D eigenvalue weighted by atomic mass is 10.1. The van der Waals surface area contributed by atoms with E-state index in [1.54, 1.807) is 4.90 Å². The van der Waals surface area contributed by atoms with E-state index in [9.17, 15) is 4.79 Å². The molecule has 2 atom stereocenters. The normalized spacial score (nSPS) is 37.4. The largest absolute Gasteiger partial charge is 0.348 e. The van der Waals surface area contributed by atoms with Crippen molar-refractivity contribution in [1.29, 1.82) is 0 Å². The van der Waals surface area contributed by atoms with E-state index in [4.69, 9.17) is 0 Å². The van der Waals surface area contributed by atoms with Gasteiger partial charge in [0.15, 0.2) is 0 Å². The van der Waals surface area contributed by atoms with E-state index >= 15 is 0 Å². The Bertz CT molecular complexity index is 165. The summed E-state index contributed by atoms with van der Waals surface area (Å²) in [5.41, 5.74) is -0.0243. The molecule has 2 heteroatoms. The molecular formula is C8H15NO. The smallest absolute Gasteiger partial charge is 0.228 e. The molecule has 1 amide bonds. The van der Waals surface area contributed by atoms with Gasteiger partial charge in [0.25, 0.3) is 0 Å². The minimum absolute atomic E-state index is 0.0243. The maximum absolute atomic E-state index is 11.4. The van der Waals surface area contributed by atoms with Crippen molar-refractivity contribution in [2.45, 2.75) is 20.3 Å². The van der Waals surface area contributed by atoms with E-state index in [1.165, 1.54) is 0 Å². The lowest BCUT2D eigenvalue weighted by Gasteiger charge is -2.15. The average molecular weight is 141 g/mol. The number of carbonyl (C=O) groups is 1. The molecule has 1 saturated carbocycles. The minimum atomic E-state index is -0.0243. The molecule has 2 unspecified atom stereocenters. The zero-order valence-corrected chi connectivity index (χ0v) is 7.14. The third-order valence-corrected chi connectivity index (χ3v) is 2.55. The molecule has 58 valence electrons. The Morgan fingerprint density at radius 2 is 2.00 bits per heavy atom. The van der Waals surface area contributed by atoms with E-state index < -0.39 is 0 Å². The highest BCUT2D eigenvalue weighted by molar-refractivity contribution is 5.85. The lowest BCUT2D eigenvalue weighted by Crippen LogP contribution is -2.29. The zero-order chi connectivity index (χ0) is 7.94. The summed E-state index contributed by atoms with van der Waals surface area (Å²) in [6, 6.07) is 0. The molecule has 0 spiro atoms. The Morgan fingerprint density at radius 1 is 1.60 bits per heavy atom. The van der Waals surface area contributed by atoms with Crippen LogP contribution >= 0.6 is 0 Å². The maximum atomic E-state index is 11.4. The Labute approximate surface area is 62.2 Å². The molecule has 0 aliphatic heterocycles. The standard InChI is InChI=1S/C8H15NO/c1-6-5-8(6,2)7(10)9(3)4/h6H,5H2,1-4H3. The third kappa shape index (κ3) is 0.917. The minimum Gasteiger partial charge on any atom is -0.348 e. The van der Waals surface area contributed by atoms with E-state index in [2.05, 4.69) is 6.92 Å². The Morgan fingerprint density at radius 3 is 2.10 bits per heavy atom. The molecule has 1 aliphatic rings. The van der Waals surface area contributed by atoms with Crippen LogP contribution in [0, 0.1) is 11.3 Å². The van der Waals surface area contributed by atoms with Crippen molar-refractivity contribution in [1.82, 2.24) is 4.90 Å². The fourth-order valence-corrected chi connectivity index (χ4v) is 1.39. The van der Waals surface area contributed by atoms with Crippen LogP contribution in [0.5, 0.6) is 0 Å². The predicted molar refractivity (Wildman–Crippen MR) is 40.6 cm³/mol. The molecule has 1 aliphatic carbocycles. The average Bonchev–Trinajstić information content (AvgIpc) is 2.41. The van der Waals surface area contributed by atoms with E-state index in [1.807, 2.05) is 21.0 Å². The van der Waals surface area contributed by atoms with Crippen LogP contribution in [0.2, 0.25) is 0 Å². The summed E-state index contributed by atoms with van der Waals surface area (Å²) >= 11 is 0. The summed E-state index contributed by atoms with van der Waals surface area (Å²) in [4.78, 5) is 13.0. The van der Waals surface area contributed by atoms with Gasteiger partial charge >= 0.3 is 0 Å². The van der Waals surface area contributed by atoms with Gasteiger partial charge in [-0.05, 0) is 12.3 Å². The van der Waals surface area contributed by atoms with Gasteiger partial charge in [-0.2, -0.15) is 0 Å². The summed E-state index contributed by atoms with van der Waals surface area (Å²) in [7, 11) is 3.64. The molecule has 0 saturated heterocycles. The van der Waals surface area contributed by atoms with Crippen LogP contribution in [0.3, 0.4) is 0 Å². The van der Waals surface area contributed by atoms with E-state index in [0.717, 1.165) is 6.42 Å². The van der Waals surface area contributed by atoms with Gasteiger partial charge in [0, 0.05) is 19.5 Å². The van der Waals surface area contributed by atoms with Crippen molar-refractivity contribution < 1.29 is 4.79 Å². The molecule has 0 aromatic carbocycles. The summed E-state index contributed by atoms with van der Waals surface area (Å²) in [5.74, 6) is 0.863. The first kappa shape index (κ1) is 7.58. The van der Waals surface area contributed by atoms with Crippen molar-refractivity contribution in [2.24, 2.45) is 11.3 Å². The van der Waals surface area contributed by atoms with Crippen LogP contribution in [0.4, 0.5) is 0 Å². The maximum Gasteiger partial charge on any atom is 0.228 e. The molecule has 2 nitrogen and oxygen atoms in total. The lowest BCUT2D eigenvalue weighted by molar-refractivity contribution is -0.134. The Kier molecular flexibility index (Phi) is 1.50. The van der Waals surface area contributed by atoms with Crippen molar-refractivity contribution >= 4 is 5.91 Å². The second-order valence-electron chi connectivity index (χ2n) is 3.72. The topological polar surface area (TPSA) is 20.3 Å². The van der Waals surface area contributed by atoms with Crippen LogP contribution in [-0.4, -0.2) is 24.9 Å². The fraction of sp³-hybridized carbons (Fsp3) is 0.875. The van der Waals surface area contributed by atoms with Gasteiger partial charge in [-0.1, -0.05) is 13.8 Å². The molecule has 0 radical (unpaired) electrons. The molecule has 0 N–H and O–H groups in total. The number of nitrogens with zero attached hydrogens (tertiary/aromatic N) is 1. The summed E-state index contributed by atoms with van der Waals surface area (Å²) < 4.78 is 0. The van der Waals surface area contributed by atoms with Crippen LogP contribution < -0.4 is 0 Å². The number of hydrogen-bond acceptors (Lipinski definition) is 1. The second-order valence-corrected chi connectivity index (χ2v) is 3.72. The quantitative estimate of drug-likeness (QED) is 0.536. The monoisotopic (exact) mass is 141 g/mol. The molecule has 1 fully saturated rings. The van der Waals surface area contributed by atoms with E-state index in [0.29, 0.717) is 5.92 Å². The van der Waals surface area contributed by atoms with Gasteiger partial charge in [-0.25, -0.2) is 0 Å². The Hall–Kier alpha value is -0.530. The van der Waals surface area contributed by atoms with Crippen LogP contribution in [0.25, 0.3) is 0 Å². The zero-order valence-electron chi connectivity index (χ0n) is 7.14. The first-order valence-electron chi connectivity index (χ1n) is 3.70. The first-order chi connectivity index (χ1) is 4.48. The Balaban J connectivity index is 2.59. The van der Waals surface area contributed by atoms with E-state index in [-0.39, 0.29) is 11.3 Å². The molecule has 0 aromatic heterocycles. The summed E-state index contributed by atoms with van der Waals surface area (Å²) in [6.07, 6.45) is 1.06. The van der Waals surface area contributed by atoms with Crippen LogP contribution in [0.1, 0.15) is 20.3 Å². The highest BCUT2D eigenvalue weighted by Gasteiger charge is 2.53. The fourth-order valence-electron chi connectivity index (χ4n) is 1.39. The molecule has 10 heavy (non-hydrogen) atoms. The highest BCUT2D eigenvalue weighted by atomic mass is 16.2. The first-order valence-corrected chi connectivity index (χ1v) is 3.70. The van der Waals surface area contributed by atoms with Crippen molar-refractivity contribution in [3.63, 3.8) is 0 Å². The van der Waals surface area contributed by atoms with Gasteiger partial charge < -0.3 is 4.90 Å². The van der Waals surface area contributed by atoms with Crippen molar-refractivity contribution in [3.8, 4) is 0 Å². The van der Waals surface area contributed by atoms with Gasteiger partial charge in [0.05, 0.1) is 0 Å². The van der Waals surface area contributed by atoms with Gasteiger partial charge in [-0.15, -0.1) is 0 Å². The third-order valence-electron chi connectivity index (χ3n) is 2.55. The number of amides is 1. The predicted octanol–water partition coefficient (Wildman–Crippen LogP) is 1.12. The van der Waals surface area contributed by atoms with Gasteiger partial charge in [0.1, 0.15) is 0 Å². The molecule has 0 bridgehead atoms. The summed E-state index contributed by atoms with van der Waals surface area (Å²) in [5, 5.41) is 0. The second kappa shape index (κ2) is 1.97. The highest BCUT2D eigenvalue weighted by Crippen LogP contribution is 2.52. The molecule has 1 rings (SSSR count). The number of carbonyl (C=O) groups excluding carboxylic acids is 1. The molecule has 0 aromatic rings. The number of hydrogen-bond donors (Lipinski definition) is 0. The van der Waals surface area contributed by atoms with Gasteiger partial charge in [-0.3, -0.25) is 4.79 Å². The summed E-state index contributed by atoms with van der Waals surface area (Å²) in [6.45, 7) is 4.17. The molecular weight excluding hydrogens is 126 g/mol. The van der Waals surface area contributed by atoms with Crippen LogP contribution in [-0.2, 0) is 4.79 Å². The van der Waals surface area contributed by atoms with Crippen LogP contribution in [0.15, 0.2) is 0 Å². The number of rotatable bonds is 1. The van der Waals surface area contributed by atoms with Gasteiger partial charge in [0.2, 0.25) is 5.91 Å². The molecule has 0 heterocycles. The van der Waals surface area contributed by atoms with Crippen molar-refractivity contribution in [2.75, 3.05) is 14.1 Å². The SMILES string of the molecule is CC1CC1(C)C(=O)N(C)C.